The van der Waals surface area contributed by atoms with Crippen molar-refractivity contribution in [2.24, 2.45) is 0 Å². The van der Waals surface area contributed by atoms with Crippen LogP contribution in [0.25, 0.3) is 0 Å². The van der Waals surface area contributed by atoms with Gasteiger partial charge in [-0.15, -0.1) is 0 Å². The van der Waals surface area contributed by atoms with Crippen LogP contribution in [0.3, 0.4) is 0 Å². The zero-order valence-corrected chi connectivity index (χ0v) is 13.7. The fraction of sp³-hybridized carbons (Fsp3) is 0.429. The van der Waals surface area contributed by atoms with Crippen molar-refractivity contribution in [2.45, 2.75) is 39.8 Å². The fourth-order valence-electron chi connectivity index (χ4n) is 1.44. The summed E-state index contributed by atoms with van der Waals surface area (Å²) in [4.78, 5) is 22.9. The van der Waals surface area contributed by atoms with Gasteiger partial charge >= 0.3 is 6.09 Å². The highest BCUT2D eigenvalue weighted by molar-refractivity contribution is 14.1. The van der Waals surface area contributed by atoms with Crippen molar-refractivity contribution in [3.63, 3.8) is 0 Å². The first-order valence-electron chi connectivity index (χ1n) is 5.94. The van der Waals surface area contributed by atoms with Crippen LogP contribution in [-0.2, 0) is 11.3 Å². The zero-order chi connectivity index (χ0) is 14.6. The van der Waals surface area contributed by atoms with Crippen molar-refractivity contribution in [1.82, 2.24) is 5.32 Å². The average molecular weight is 375 g/mol. The Morgan fingerprint density at radius 2 is 1.89 bits per heavy atom. The van der Waals surface area contributed by atoms with E-state index in [1.54, 1.807) is 6.07 Å². The molecule has 19 heavy (non-hydrogen) atoms. The molecule has 0 atom stereocenters. The number of nitrogens with one attached hydrogen (secondary N) is 1. The van der Waals surface area contributed by atoms with E-state index in [1.807, 2.05) is 32.9 Å². The predicted octanol–water partition coefficient (Wildman–Crippen LogP) is 3.52. The molecule has 104 valence electrons. The van der Waals surface area contributed by atoms with Crippen molar-refractivity contribution < 1.29 is 14.3 Å². The van der Waals surface area contributed by atoms with Crippen LogP contribution in [0, 0.1) is 3.57 Å². The average Bonchev–Trinajstić information content (AvgIpc) is 2.23. The minimum Gasteiger partial charge on any atom is -0.444 e. The SMILES string of the molecule is CC(=O)c1cc(I)cc(CNC(=O)OC(C)(C)C)c1. The molecule has 1 aromatic rings. The van der Waals surface area contributed by atoms with Gasteiger partial charge < -0.3 is 10.1 Å². The molecule has 5 heteroatoms. The largest absolute Gasteiger partial charge is 0.444 e. The lowest BCUT2D eigenvalue weighted by Crippen LogP contribution is -2.32. The molecule has 0 fully saturated rings. The summed E-state index contributed by atoms with van der Waals surface area (Å²) in [6.07, 6.45) is -0.462. The van der Waals surface area contributed by atoms with Gasteiger partial charge in [-0.3, -0.25) is 4.79 Å². The summed E-state index contributed by atoms with van der Waals surface area (Å²) >= 11 is 2.15. The number of Topliss-reactive ketones (excluding diaryl/α,β-unsaturated/α-hetero) is 1. The fourth-order valence-corrected chi connectivity index (χ4v) is 2.18. The topological polar surface area (TPSA) is 55.4 Å². The molecule has 0 heterocycles. The first kappa shape index (κ1) is 15.9. The number of hydrogen-bond acceptors (Lipinski definition) is 3. The molecule has 4 nitrogen and oxygen atoms in total. The van der Waals surface area contributed by atoms with Crippen molar-refractivity contribution >= 4 is 34.5 Å². The standard InChI is InChI=1S/C14H18INO3/c1-9(17)11-5-10(6-12(15)7-11)8-16-13(18)19-14(2,3)4/h5-7H,8H2,1-4H3,(H,16,18). The van der Waals surface area contributed by atoms with E-state index in [9.17, 15) is 9.59 Å². The van der Waals surface area contributed by atoms with E-state index in [-0.39, 0.29) is 5.78 Å². The number of ether oxygens (including phenoxy) is 1. The van der Waals surface area contributed by atoms with Crippen LogP contribution in [0.4, 0.5) is 4.79 Å². The number of halogens is 1. The van der Waals surface area contributed by atoms with Gasteiger partial charge in [0.15, 0.2) is 5.78 Å². The lowest BCUT2D eigenvalue weighted by molar-refractivity contribution is 0.0523. The number of carbonyl (C=O) groups is 2. The van der Waals surface area contributed by atoms with Crippen LogP contribution >= 0.6 is 22.6 Å². The molecule has 0 aliphatic heterocycles. The molecule has 0 aliphatic carbocycles. The molecule has 0 saturated heterocycles. The Morgan fingerprint density at radius 1 is 1.26 bits per heavy atom. The first-order valence-corrected chi connectivity index (χ1v) is 7.02. The van der Waals surface area contributed by atoms with E-state index in [0.717, 1.165) is 9.13 Å². The van der Waals surface area contributed by atoms with Gasteiger partial charge in [0.1, 0.15) is 5.60 Å². The van der Waals surface area contributed by atoms with Gasteiger partial charge in [0.2, 0.25) is 0 Å². The second-order valence-electron chi connectivity index (χ2n) is 5.26. The number of amides is 1. The second kappa shape index (κ2) is 6.36. The minimum absolute atomic E-state index is 0.0111. The Kier molecular flexibility index (Phi) is 5.34. The van der Waals surface area contributed by atoms with E-state index in [0.29, 0.717) is 12.1 Å². The highest BCUT2D eigenvalue weighted by atomic mass is 127. The van der Waals surface area contributed by atoms with Gasteiger partial charge in [0.05, 0.1) is 0 Å². The number of hydrogen-bond donors (Lipinski definition) is 1. The quantitative estimate of drug-likeness (QED) is 0.650. The molecule has 0 bridgehead atoms. The van der Waals surface area contributed by atoms with Crippen LogP contribution in [0.5, 0.6) is 0 Å². The summed E-state index contributed by atoms with van der Waals surface area (Å²) in [5.74, 6) is 0.0111. The Hall–Kier alpha value is -1.11. The number of benzene rings is 1. The third kappa shape index (κ3) is 6.04. The number of alkyl carbamates (subject to hydrolysis) is 1. The summed E-state index contributed by atoms with van der Waals surface area (Å²) < 4.78 is 6.11. The molecule has 0 spiro atoms. The van der Waals surface area contributed by atoms with Gasteiger partial charge in [-0.25, -0.2) is 4.79 Å². The zero-order valence-electron chi connectivity index (χ0n) is 11.5. The molecule has 0 radical (unpaired) electrons. The van der Waals surface area contributed by atoms with Crippen molar-refractivity contribution in [3.05, 3.63) is 32.9 Å². The number of carbonyl (C=O) groups excluding carboxylic acids is 2. The third-order valence-electron chi connectivity index (χ3n) is 2.20. The van der Waals surface area contributed by atoms with Crippen molar-refractivity contribution in [1.29, 1.82) is 0 Å². The maximum absolute atomic E-state index is 11.5. The molecule has 0 saturated carbocycles. The van der Waals surface area contributed by atoms with Crippen LogP contribution < -0.4 is 5.32 Å². The van der Waals surface area contributed by atoms with Crippen LogP contribution in [0.1, 0.15) is 43.6 Å². The molecule has 1 aromatic carbocycles. The molecule has 1 N–H and O–H groups in total. The smallest absolute Gasteiger partial charge is 0.407 e. The molecule has 0 unspecified atom stereocenters. The lowest BCUT2D eigenvalue weighted by atomic mass is 10.1. The van der Waals surface area contributed by atoms with Gasteiger partial charge in [-0.1, -0.05) is 0 Å². The number of rotatable bonds is 3. The monoisotopic (exact) mass is 375 g/mol. The number of ketones is 1. The van der Waals surface area contributed by atoms with E-state index >= 15 is 0 Å². The molecular formula is C14H18INO3. The Balaban J connectivity index is 2.68. The molecule has 0 aromatic heterocycles. The highest BCUT2D eigenvalue weighted by Gasteiger charge is 2.15. The van der Waals surface area contributed by atoms with Gasteiger partial charge in [-0.05, 0) is 74.0 Å². The summed E-state index contributed by atoms with van der Waals surface area (Å²) in [5, 5.41) is 2.67. The summed E-state index contributed by atoms with van der Waals surface area (Å²) in [7, 11) is 0. The second-order valence-corrected chi connectivity index (χ2v) is 6.51. The van der Waals surface area contributed by atoms with Crippen LogP contribution in [0.15, 0.2) is 18.2 Å². The predicted molar refractivity (Wildman–Crippen MR) is 82.2 cm³/mol. The van der Waals surface area contributed by atoms with E-state index in [2.05, 4.69) is 27.9 Å². The Bertz CT molecular complexity index is 492. The minimum atomic E-state index is -0.514. The van der Waals surface area contributed by atoms with Crippen molar-refractivity contribution in [3.8, 4) is 0 Å². The highest BCUT2D eigenvalue weighted by Crippen LogP contribution is 2.13. The van der Waals surface area contributed by atoms with Crippen LogP contribution in [0.2, 0.25) is 0 Å². The lowest BCUT2D eigenvalue weighted by Gasteiger charge is -2.19. The van der Waals surface area contributed by atoms with Crippen molar-refractivity contribution in [2.75, 3.05) is 0 Å². The van der Waals surface area contributed by atoms with Gasteiger partial charge in [-0.2, -0.15) is 0 Å². The molecule has 1 amide bonds. The maximum Gasteiger partial charge on any atom is 0.407 e. The third-order valence-corrected chi connectivity index (χ3v) is 2.82. The summed E-state index contributed by atoms with van der Waals surface area (Å²) in [6.45, 7) is 7.30. The van der Waals surface area contributed by atoms with E-state index < -0.39 is 11.7 Å². The van der Waals surface area contributed by atoms with Gasteiger partial charge in [0, 0.05) is 15.7 Å². The summed E-state index contributed by atoms with van der Waals surface area (Å²) in [6, 6.07) is 5.52. The molecule has 0 aliphatic rings. The van der Waals surface area contributed by atoms with E-state index in [4.69, 9.17) is 4.74 Å². The summed E-state index contributed by atoms with van der Waals surface area (Å²) in [5.41, 5.74) is 1.01. The van der Waals surface area contributed by atoms with Crippen LogP contribution in [-0.4, -0.2) is 17.5 Å². The normalized spacial score (nSPS) is 11.0. The van der Waals surface area contributed by atoms with E-state index in [1.165, 1.54) is 6.92 Å². The Morgan fingerprint density at radius 3 is 2.42 bits per heavy atom. The first-order chi connectivity index (χ1) is 8.67. The Labute approximate surface area is 127 Å². The van der Waals surface area contributed by atoms with Gasteiger partial charge in [0.25, 0.3) is 0 Å². The maximum atomic E-state index is 11.5. The molecule has 1 rings (SSSR count). The molecular weight excluding hydrogens is 357 g/mol.